The molecule has 2 saturated heterocycles. The van der Waals surface area contributed by atoms with E-state index in [1.165, 1.54) is 0 Å². The van der Waals surface area contributed by atoms with E-state index in [-0.39, 0.29) is 11.9 Å². The number of nitrogens with one attached hydrogen (secondary N) is 1. The Morgan fingerprint density at radius 3 is 2.71 bits per heavy atom. The molecule has 2 aliphatic rings. The number of carbonyl (C=O) groups is 1. The molecule has 0 aliphatic carbocycles. The van der Waals surface area contributed by atoms with Crippen molar-refractivity contribution in [3.8, 4) is 0 Å². The maximum Gasteiger partial charge on any atom is 0.311 e. The second-order valence-electron chi connectivity index (χ2n) is 4.19. The molecule has 0 bridgehead atoms. The number of hydrogen-bond acceptors (Lipinski definition) is 4. The Kier molecular flexibility index (Phi) is 3.03. The van der Waals surface area contributed by atoms with Crippen LogP contribution in [-0.2, 0) is 9.53 Å². The van der Waals surface area contributed by atoms with E-state index in [0.717, 1.165) is 38.6 Å². The number of esters is 1. The number of likely N-dealkylation sites (tertiary alicyclic amines) is 1. The van der Waals surface area contributed by atoms with E-state index in [1.807, 2.05) is 6.92 Å². The summed E-state index contributed by atoms with van der Waals surface area (Å²) in [6.45, 7) is 7.57. The first-order valence-corrected chi connectivity index (χ1v) is 5.39. The number of hydrogen-bond donors (Lipinski definition) is 1. The van der Waals surface area contributed by atoms with Crippen LogP contribution in [-0.4, -0.2) is 50.2 Å². The number of rotatable bonds is 4. The van der Waals surface area contributed by atoms with Crippen molar-refractivity contribution in [3.63, 3.8) is 0 Å². The standard InChI is InChI=1S/C10H18N2O2/c1-2-14-10(13)9-6-12(7-9)5-8-3-11-4-8/h8-9,11H,2-7H2,1H3. The summed E-state index contributed by atoms with van der Waals surface area (Å²) in [5.41, 5.74) is 0. The molecule has 0 amide bonds. The van der Waals surface area contributed by atoms with Crippen LogP contribution in [0.5, 0.6) is 0 Å². The lowest BCUT2D eigenvalue weighted by Gasteiger charge is -2.41. The molecule has 14 heavy (non-hydrogen) atoms. The average molecular weight is 198 g/mol. The second kappa shape index (κ2) is 4.28. The predicted molar refractivity (Wildman–Crippen MR) is 52.9 cm³/mol. The van der Waals surface area contributed by atoms with Crippen LogP contribution in [0, 0.1) is 11.8 Å². The molecule has 2 rings (SSSR count). The molecule has 2 heterocycles. The fourth-order valence-electron chi connectivity index (χ4n) is 1.97. The number of nitrogens with zero attached hydrogens (tertiary/aromatic N) is 1. The molecule has 4 heteroatoms. The average Bonchev–Trinajstić information content (AvgIpc) is 1.98. The molecule has 1 N–H and O–H groups in total. The van der Waals surface area contributed by atoms with Gasteiger partial charge in [-0.25, -0.2) is 0 Å². The third-order valence-electron chi connectivity index (χ3n) is 2.96. The molecule has 2 aliphatic heterocycles. The second-order valence-corrected chi connectivity index (χ2v) is 4.19. The third-order valence-corrected chi connectivity index (χ3v) is 2.96. The van der Waals surface area contributed by atoms with Crippen molar-refractivity contribution in [2.24, 2.45) is 11.8 Å². The van der Waals surface area contributed by atoms with Gasteiger partial charge >= 0.3 is 5.97 Å². The molecule has 0 spiro atoms. The van der Waals surface area contributed by atoms with Crippen LogP contribution in [0.25, 0.3) is 0 Å². The van der Waals surface area contributed by atoms with Crippen LogP contribution in [0.15, 0.2) is 0 Å². The highest BCUT2D eigenvalue weighted by molar-refractivity contribution is 5.73. The normalized spacial score (nSPS) is 24.1. The summed E-state index contributed by atoms with van der Waals surface area (Å²) >= 11 is 0. The zero-order chi connectivity index (χ0) is 9.97. The van der Waals surface area contributed by atoms with Crippen molar-refractivity contribution in [1.29, 1.82) is 0 Å². The fraction of sp³-hybridized carbons (Fsp3) is 0.900. The van der Waals surface area contributed by atoms with Crippen LogP contribution in [0.2, 0.25) is 0 Å². The zero-order valence-corrected chi connectivity index (χ0v) is 8.66. The van der Waals surface area contributed by atoms with Gasteiger partial charge in [0, 0.05) is 32.7 Å². The molecule has 2 fully saturated rings. The number of carbonyl (C=O) groups excluding carboxylic acids is 1. The van der Waals surface area contributed by atoms with Crippen molar-refractivity contribution in [3.05, 3.63) is 0 Å². The van der Waals surface area contributed by atoms with Crippen LogP contribution in [0.3, 0.4) is 0 Å². The summed E-state index contributed by atoms with van der Waals surface area (Å²) in [7, 11) is 0. The Hall–Kier alpha value is -0.610. The van der Waals surface area contributed by atoms with Crippen LogP contribution in [0.1, 0.15) is 6.92 Å². The van der Waals surface area contributed by atoms with Gasteiger partial charge in [-0.2, -0.15) is 0 Å². The number of ether oxygens (including phenoxy) is 1. The maximum atomic E-state index is 11.3. The van der Waals surface area contributed by atoms with Gasteiger partial charge in [-0.3, -0.25) is 4.79 Å². The van der Waals surface area contributed by atoms with Crippen molar-refractivity contribution in [1.82, 2.24) is 10.2 Å². The topological polar surface area (TPSA) is 41.6 Å². The molecule has 0 aromatic heterocycles. The molecule has 0 atom stereocenters. The van der Waals surface area contributed by atoms with Gasteiger partial charge in [-0.15, -0.1) is 0 Å². The Morgan fingerprint density at radius 2 is 2.21 bits per heavy atom. The van der Waals surface area contributed by atoms with Crippen LogP contribution in [0.4, 0.5) is 0 Å². The van der Waals surface area contributed by atoms with Gasteiger partial charge in [0.15, 0.2) is 0 Å². The summed E-state index contributed by atoms with van der Waals surface area (Å²) in [6.07, 6.45) is 0. The Balaban J connectivity index is 1.61. The van der Waals surface area contributed by atoms with Gasteiger partial charge in [-0.1, -0.05) is 0 Å². The first kappa shape index (κ1) is 9.93. The minimum atomic E-state index is -0.0181. The largest absolute Gasteiger partial charge is 0.466 e. The molecule has 0 saturated carbocycles. The van der Waals surface area contributed by atoms with Gasteiger partial charge in [0.1, 0.15) is 0 Å². The predicted octanol–water partition coefficient (Wildman–Crippen LogP) is -0.299. The summed E-state index contributed by atoms with van der Waals surface area (Å²) in [4.78, 5) is 13.6. The highest BCUT2D eigenvalue weighted by Crippen LogP contribution is 2.19. The van der Waals surface area contributed by atoms with Gasteiger partial charge in [0.05, 0.1) is 12.5 Å². The summed E-state index contributed by atoms with van der Waals surface area (Å²) in [5, 5.41) is 3.25. The summed E-state index contributed by atoms with van der Waals surface area (Å²) in [5.74, 6) is 0.927. The van der Waals surface area contributed by atoms with E-state index in [4.69, 9.17) is 4.74 Å². The van der Waals surface area contributed by atoms with Crippen molar-refractivity contribution in [2.75, 3.05) is 39.3 Å². The minimum Gasteiger partial charge on any atom is -0.466 e. The highest BCUT2D eigenvalue weighted by atomic mass is 16.5. The maximum absolute atomic E-state index is 11.3. The smallest absolute Gasteiger partial charge is 0.311 e. The zero-order valence-electron chi connectivity index (χ0n) is 8.66. The summed E-state index contributed by atoms with van der Waals surface area (Å²) in [6, 6.07) is 0. The van der Waals surface area contributed by atoms with Crippen LogP contribution >= 0.6 is 0 Å². The lowest BCUT2D eigenvalue weighted by molar-refractivity contribution is -0.154. The van der Waals surface area contributed by atoms with Gasteiger partial charge in [0.2, 0.25) is 0 Å². The Labute approximate surface area is 84.6 Å². The van der Waals surface area contributed by atoms with E-state index >= 15 is 0 Å². The van der Waals surface area contributed by atoms with Gasteiger partial charge in [0.25, 0.3) is 0 Å². The van der Waals surface area contributed by atoms with E-state index in [9.17, 15) is 4.79 Å². The van der Waals surface area contributed by atoms with E-state index in [1.54, 1.807) is 0 Å². The molecule has 0 unspecified atom stereocenters. The quantitative estimate of drug-likeness (QED) is 0.630. The lowest BCUT2D eigenvalue weighted by atomic mass is 9.95. The minimum absolute atomic E-state index is 0.0181. The monoisotopic (exact) mass is 198 g/mol. The molecule has 4 nitrogen and oxygen atoms in total. The SMILES string of the molecule is CCOC(=O)C1CN(CC2CNC2)C1. The molecule has 80 valence electrons. The molecule has 0 aromatic carbocycles. The summed E-state index contributed by atoms with van der Waals surface area (Å²) < 4.78 is 4.96. The molecular weight excluding hydrogens is 180 g/mol. The van der Waals surface area contributed by atoms with E-state index < -0.39 is 0 Å². The van der Waals surface area contributed by atoms with Gasteiger partial charge < -0.3 is 15.0 Å². The molecule has 0 aromatic rings. The van der Waals surface area contributed by atoms with E-state index in [2.05, 4.69) is 10.2 Å². The highest BCUT2D eigenvalue weighted by Gasteiger charge is 2.35. The van der Waals surface area contributed by atoms with Crippen molar-refractivity contribution < 1.29 is 9.53 Å². The first-order chi connectivity index (χ1) is 6.79. The van der Waals surface area contributed by atoms with Crippen molar-refractivity contribution in [2.45, 2.75) is 6.92 Å². The Bertz CT molecular complexity index is 210. The van der Waals surface area contributed by atoms with Gasteiger partial charge in [-0.05, 0) is 12.8 Å². The lowest BCUT2D eigenvalue weighted by Crippen LogP contribution is -2.56. The first-order valence-electron chi connectivity index (χ1n) is 5.39. The molecular formula is C10H18N2O2. The van der Waals surface area contributed by atoms with Crippen molar-refractivity contribution >= 4 is 5.97 Å². The third kappa shape index (κ3) is 2.07. The fourth-order valence-corrected chi connectivity index (χ4v) is 1.97. The van der Waals surface area contributed by atoms with Crippen LogP contribution < -0.4 is 5.32 Å². The Morgan fingerprint density at radius 1 is 1.50 bits per heavy atom. The van der Waals surface area contributed by atoms with E-state index in [0.29, 0.717) is 6.61 Å². The molecule has 0 radical (unpaired) electrons.